The fraction of sp³-hybridized carbons (Fsp3) is 0.600. The summed E-state index contributed by atoms with van der Waals surface area (Å²) in [5.41, 5.74) is 9.49. The van der Waals surface area contributed by atoms with Crippen molar-refractivity contribution in [2.24, 2.45) is 0 Å². The summed E-state index contributed by atoms with van der Waals surface area (Å²) >= 11 is 0. The molecular weight excluding hydrogens is 208 g/mol. The van der Waals surface area contributed by atoms with Crippen molar-refractivity contribution >= 4 is 5.69 Å². The second-order valence-corrected chi connectivity index (χ2v) is 4.72. The third-order valence-electron chi connectivity index (χ3n) is 3.26. The Morgan fingerprint density at radius 2 is 1.71 bits per heavy atom. The highest BCUT2D eigenvalue weighted by Gasteiger charge is 2.05. The zero-order valence-corrected chi connectivity index (χ0v) is 11.5. The molecule has 17 heavy (non-hydrogen) atoms. The minimum Gasteiger partial charge on any atom is -0.399 e. The molecule has 1 aromatic carbocycles. The van der Waals surface area contributed by atoms with E-state index in [0.29, 0.717) is 0 Å². The monoisotopic (exact) mass is 234 g/mol. The molecule has 0 saturated heterocycles. The van der Waals surface area contributed by atoms with E-state index in [-0.39, 0.29) is 0 Å². The standard InChI is InChI=1S/C15H26N2/c1-4-10-17(11-5-2)12-9-14-7-6-8-15(16)13(14)3/h6-8H,4-5,9-12,16H2,1-3H3. The van der Waals surface area contributed by atoms with Crippen LogP contribution in [0.3, 0.4) is 0 Å². The van der Waals surface area contributed by atoms with Crippen molar-refractivity contribution in [2.75, 3.05) is 25.4 Å². The van der Waals surface area contributed by atoms with E-state index < -0.39 is 0 Å². The normalized spacial score (nSPS) is 11.1. The Labute approximate surface area is 106 Å². The van der Waals surface area contributed by atoms with Crippen LogP contribution < -0.4 is 5.73 Å². The van der Waals surface area contributed by atoms with Crippen LogP contribution in [0.2, 0.25) is 0 Å². The number of hydrogen-bond donors (Lipinski definition) is 1. The smallest absolute Gasteiger partial charge is 0.0346 e. The number of nitrogens with two attached hydrogens (primary N) is 1. The van der Waals surface area contributed by atoms with Gasteiger partial charge in [0.05, 0.1) is 0 Å². The van der Waals surface area contributed by atoms with E-state index >= 15 is 0 Å². The van der Waals surface area contributed by atoms with Crippen LogP contribution in [0.1, 0.15) is 37.8 Å². The van der Waals surface area contributed by atoms with Crippen molar-refractivity contribution in [3.05, 3.63) is 29.3 Å². The predicted octanol–water partition coefficient (Wildman–Crippen LogP) is 3.24. The first kappa shape index (κ1) is 14.0. The third-order valence-corrected chi connectivity index (χ3v) is 3.26. The van der Waals surface area contributed by atoms with Crippen LogP contribution in [0.5, 0.6) is 0 Å². The zero-order chi connectivity index (χ0) is 12.7. The summed E-state index contributed by atoms with van der Waals surface area (Å²) in [7, 11) is 0. The van der Waals surface area contributed by atoms with Gasteiger partial charge in [-0.05, 0) is 56.5 Å². The predicted molar refractivity (Wildman–Crippen MR) is 76.3 cm³/mol. The van der Waals surface area contributed by atoms with Crippen LogP contribution in [-0.2, 0) is 6.42 Å². The Kier molecular flexibility index (Phi) is 6.06. The van der Waals surface area contributed by atoms with Gasteiger partial charge in [0.1, 0.15) is 0 Å². The van der Waals surface area contributed by atoms with E-state index in [4.69, 9.17) is 5.73 Å². The first-order valence-electron chi connectivity index (χ1n) is 6.75. The number of anilines is 1. The molecule has 0 atom stereocenters. The van der Waals surface area contributed by atoms with Gasteiger partial charge >= 0.3 is 0 Å². The fourth-order valence-electron chi connectivity index (χ4n) is 2.22. The van der Waals surface area contributed by atoms with E-state index in [1.165, 1.54) is 37.1 Å². The SMILES string of the molecule is CCCN(CCC)CCc1cccc(N)c1C. The lowest BCUT2D eigenvalue weighted by atomic mass is 10.0. The van der Waals surface area contributed by atoms with E-state index in [0.717, 1.165) is 18.7 Å². The lowest BCUT2D eigenvalue weighted by Gasteiger charge is -2.21. The molecule has 2 N–H and O–H groups in total. The quantitative estimate of drug-likeness (QED) is 0.734. The molecule has 0 fully saturated rings. The third kappa shape index (κ3) is 4.39. The largest absolute Gasteiger partial charge is 0.399 e. The van der Waals surface area contributed by atoms with Gasteiger partial charge < -0.3 is 10.6 Å². The number of nitrogens with zero attached hydrogens (tertiary/aromatic N) is 1. The van der Waals surface area contributed by atoms with Gasteiger partial charge in [0.2, 0.25) is 0 Å². The van der Waals surface area contributed by atoms with Crippen LogP contribution in [0, 0.1) is 6.92 Å². The summed E-state index contributed by atoms with van der Waals surface area (Å²) in [5, 5.41) is 0. The molecule has 2 nitrogen and oxygen atoms in total. The maximum absolute atomic E-state index is 5.93. The van der Waals surface area contributed by atoms with Crippen LogP contribution in [0.25, 0.3) is 0 Å². The second-order valence-electron chi connectivity index (χ2n) is 4.72. The number of hydrogen-bond acceptors (Lipinski definition) is 2. The Bertz CT molecular complexity index is 328. The number of benzene rings is 1. The summed E-state index contributed by atoms with van der Waals surface area (Å²) in [6.45, 7) is 10.2. The highest BCUT2D eigenvalue weighted by Crippen LogP contribution is 2.16. The zero-order valence-electron chi connectivity index (χ0n) is 11.5. The van der Waals surface area contributed by atoms with E-state index in [1.54, 1.807) is 0 Å². The molecule has 0 heterocycles. The van der Waals surface area contributed by atoms with Gasteiger partial charge in [-0.2, -0.15) is 0 Å². The highest BCUT2D eigenvalue weighted by molar-refractivity contribution is 5.49. The van der Waals surface area contributed by atoms with Gasteiger partial charge in [-0.3, -0.25) is 0 Å². The van der Waals surface area contributed by atoms with Crippen molar-refractivity contribution in [3.63, 3.8) is 0 Å². The average molecular weight is 234 g/mol. The van der Waals surface area contributed by atoms with Crippen molar-refractivity contribution in [2.45, 2.75) is 40.0 Å². The second kappa shape index (κ2) is 7.33. The molecular formula is C15H26N2. The Morgan fingerprint density at radius 1 is 1.06 bits per heavy atom. The molecule has 0 aliphatic rings. The molecule has 0 amide bonds. The van der Waals surface area contributed by atoms with E-state index in [1.807, 2.05) is 6.07 Å². The first-order chi connectivity index (χ1) is 8.19. The van der Waals surface area contributed by atoms with Gasteiger partial charge in [-0.15, -0.1) is 0 Å². The van der Waals surface area contributed by atoms with Crippen molar-refractivity contribution in [1.29, 1.82) is 0 Å². The lowest BCUT2D eigenvalue weighted by molar-refractivity contribution is 0.278. The molecule has 1 aromatic rings. The summed E-state index contributed by atoms with van der Waals surface area (Å²) in [5.74, 6) is 0. The Morgan fingerprint density at radius 3 is 2.29 bits per heavy atom. The maximum atomic E-state index is 5.93. The molecule has 1 rings (SSSR count). The molecule has 0 saturated carbocycles. The first-order valence-corrected chi connectivity index (χ1v) is 6.75. The average Bonchev–Trinajstić information content (AvgIpc) is 2.31. The summed E-state index contributed by atoms with van der Waals surface area (Å²) < 4.78 is 0. The van der Waals surface area contributed by atoms with Crippen molar-refractivity contribution in [1.82, 2.24) is 4.90 Å². The van der Waals surface area contributed by atoms with Gasteiger partial charge in [-0.25, -0.2) is 0 Å². The molecule has 0 unspecified atom stereocenters. The van der Waals surface area contributed by atoms with E-state index in [9.17, 15) is 0 Å². The fourth-order valence-corrected chi connectivity index (χ4v) is 2.22. The van der Waals surface area contributed by atoms with Crippen LogP contribution in [0.15, 0.2) is 18.2 Å². The Balaban J connectivity index is 2.55. The molecule has 96 valence electrons. The van der Waals surface area contributed by atoms with Gasteiger partial charge in [0, 0.05) is 12.2 Å². The minimum atomic E-state index is 0.917. The molecule has 0 radical (unpaired) electrons. The molecule has 0 spiro atoms. The molecule has 0 aliphatic heterocycles. The van der Waals surface area contributed by atoms with Crippen LogP contribution in [0.4, 0.5) is 5.69 Å². The van der Waals surface area contributed by atoms with Crippen LogP contribution >= 0.6 is 0 Å². The summed E-state index contributed by atoms with van der Waals surface area (Å²) in [4.78, 5) is 2.54. The summed E-state index contributed by atoms with van der Waals surface area (Å²) in [6, 6.07) is 6.23. The van der Waals surface area contributed by atoms with Gasteiger partial charge in [0.15, 0.2) is 0 Å². The van der Waals surface area contributed by atoms with Crippen molar-refractivity contribution < 1.29 is 0 Å². The van der Waals surface area contributed by atoms with Crippen LogP contribution in [-0.4, -0.2) is 24.5 Å². The highest BCUT2D eigenvalue weighted by atomic mass is 15.1. The topological polar surface area (TPSA) is 29.3 Å². The minimum absolute atomic E-state index is 0.917. The number of nitrogen functional groups attached to an aromatic ring is 1. The lowest BCUT2D eigenvalue weighted by Crippen LogP contribution is -2.28. The molecule has 0 aliphatic carbocycles. The van der Waals surface area contributed by atoms with Gasteiger partial charge in [0.25, 0.3) is 0 Å². The number of rotatable bonds is 7. The summed E-state index contributed by atoms with van der Waals surface area (Å²) in [6.07, 6.45) is 3.57. The maximum Gasteiger partial charge on any atom is 0.0346 e. The van der Waals surface area contributed by atoms with Crippen molar-refractivity contribution in [3.8, 4) is 0 Å². The van der Waals surface area contributed by atoms with Gasteiger partial charge in [-0.1, -0.05) is 26.0 Å². The molecule has 2 heteroatoms. The van der Waals surface area contributed by atoms with E-state index in [2.05, 4.69) is 37.8 Å². The molecule has 0 aromatic heterocycles. The Hall–Kier alpha value is -1.02. The molecule has 0 bridgehead atoms.